The molecule has 6 rings (SSSR count). The van der Waals surface area contributed by atoms with E-state index >= 15 is 0 Å². The number of furan rings is 1. The monoisotopic (exact) mass is 434 g/mol. The molecule has 1 aromatic carbocycles. The number of likely N-dealkylation sites (N-methyl/N-ethyl adjacent to an activating group) is 1. The van der Waals surface area contributed by atoms with Gasteiger partial charge in [-0.3, -0.25) is 9.69 Å². The predicted molar refractivity (Wildman–Crippen MR) is 120 cm³/mol. The largest absolute Gasteiger partial charge is 0.461 e. The molecule has 0 spiro atoms. The van der Waals surface area contributed by atoms with Crippen LogP contribution in [0.5, 0.6) is 0 Å². The molecular weight excluding hydrogens is 404 g/mol. The molecule has 5 heterocycles. The SMILES string of the molecule is CN1[C@H]2C[C@@H]3[C@@H](CO[C@](C)(O)[C@@H]3CC(=O)c3ccco3)[C@@H]1Cc1c2n(C)c2ccccc12. The number of carbonyl (C=O) groups excluding carboxylic acids is 1. The third-order valence-corrected chi connectivity index (χ3v) is 8.52. The van der Waals surface area contributed by atoms with Gasteiger partial charge in [0, 0.05) is 47.9 Å². The lowest BCUT2D eigenvalue weighted by atomic mass is 9.62. The quantitative estimate of drug-likeness (QED) is 0.633. The molecule has 0 aliphatic carbocycles. The number of nitrogens with zero attached hydrogens (tertiary/aromatic N) is 2. The number of aromatic nitrogens is 1. The summed E-state index contributed by atoms with van der Waals surface area (Å²) in [6.07, 6.45) is 3.62. The second-order valence-corrected chi connectivity index (χ2v) is 10.0. The Bertz CT molecular complexity index is 1180. The van der Waals surface area contributed by atoms with Gasteiger partial charge in [0.15, 0.2) is 17.3 Å². The Balaban J connectivity index is 1.40. The van der Waals surface area contributed by atoms with E-state index < -0.39 is 5.79 Å². The van der Waals surface area contributed by atoms with Crippen molar-refractivity contribution in [2.75, 3.05) is 13.7 Å². The van der Waals surface area contributed by atoms with Crippen LogP contribution < -0.4 is 0 Å². The molecule has 3 aliphatic rings. The van der Waals surface area contributed by atoms with E-state index in [2.05, 4.69) is 47.8 Å². The summed E-state index contributed by atoms with van der Waals surface area (Å²) in [5, 5.41) is 12.5. The van der Waals surface area contributed by atoms with Crippen molar-refractivity contribution < 1.29 is 19.1 Å². The van der Waals surface area contributed by atoms with Gasteiger partial charge in [-0.2, -0.15) is 0 Å². The lowest BCUT2D eigenvalue weighted by Crippen LogP contribution is -2.62. The average Bonchev–Trinajstić information content (AvgIpc) is 3.39. The molecule has 0 amide bonds. The van der Waals surface area contributed by atoms with Crippen LogP contribution in [0.15, 0.2) is 47.1 Å². The van der Waals surface area contributed by atoms with Gasteiger partial charge in [0.25, 0.3) is 0 Å². The molecule has 2 saturated heterocycles. The summed E-state index contributed by atoms with van der Waals surface area (Å²) in [5.74, 6) is -0.831. The van der Waals surface area contributed by atoms with Gasteiger partial charge in [0.1, 0.15) is 0 Å². The zero-order valence-corrected chi connectivity index (χ0v) is 18.8. The summed E-state index contributed by atoms with van der Waals surface area (Å²) in [6, 6.07) is 12.7. The molecule has 168 valence electrons. The van der Waals surface area contributed by atoms with E-state index in [0.717, 1.165) is 12.8 Å². The van der Waals surface area contributed by atoms with E-state index in [0.29, 0.717) is 18.4 Å². The average molecular weight is 435 g/mol. The van der Waals surface area contributed by atoms with Crippen LogP contribution in [-0.2, 0) is 18.2 Å². The number of benzene rings is 1. The van der Waals surface area contributed by atoms with Crippen LogP contribution in [0.25, 0.3) is 10.9 Å². The van der Waals surface area contributed by atoms with Crippen LogP contribution >= 0.6 is 0 Å². The van der Waals surface area contributed by atoms with Crippen molar-refractivity contribution in [3.05, 3.63) is 59.7 Å². The number of Topliss-reactive ketones (excluding diaryl/α,β-unsaturated/α-hetero) is 1. The maximum absolute atomic E-state index is 12.9. The Morgan fingerprint density at radius 3 is 2.78 bits per heavy atom. The van der Waals surface area contributed by atoms with Gasteiger partial charge in [-0.05, 0) is 56.5 Å². The Labute approximate surface area is 187 Å². The minimum Gasteiger partial charge on any atom is -0.461 e. The molecule has 0 unspecified atom stereocenters. The smallest absolute Gasteiger partial charge is 0.198 e. The molecule has 32 heavy (non-hydrogen) atoms. The lowest BCUT2D eigenvalue weighted by Gasteiger charge is -2.57. The van der Waals surface area contributed by atoms with E-state index in [1.165, 1.54) is 28.4 Å². The Morgan fingerprint density at radius 1 is 1.19 bits per heavy atom. The van der Waals surface area contributed by atoms with E-state index in [9.17, 15) is 9.90 Å². The highest BCUT2D eigenvalue weighted by Gasteiger charge is 2.56. The first-order valence-corrected chi connectivity index (χ1v) is 11.6. The van der Waals surface area contributed by atoms with Crippen molar-refractivity contribution in [3.63, 3.8) is 0 Å². The van der Waals surface area contributed by atoms with Gasteiger partial charge in [-0.15, -0.1) is 0 Å². The number of ketones is 1. The van der Waals surface area contributed by atoms with Crippen LogP contribution in [0.4, 0.5) is 0 Å². The fourth-order valence-corrected chi connectivity index (χ4v) is 6.90. The summed E-state index contributed by atoms with van der Waals surface area (Å²) in [7, 11) is 4.39. The van der Waals surface area contributed by atoms with Gasteiger partial charge >= 0.3 is 0 Å². The number of rotatable bonds is 3. The van der Waals surface area contributed by atoms with Gasteiger partial charge in [-0.25, -0.2) is 0 Å². The molecule has 1 N–H and O–H groups in total. The summed E-state index contributed by atoms with van der Waals surface area (Å²) in [5.41, 5.74) is 4.11. The van der Waals surface area contributed by atoms with Crippen LogP contribution in [-0.4, -0.2) is 45.8 Å². The van der Waals surface area contributed by atoms with E-state index in [1.807, 2.05) is 0 Å². The van der Waals surface area contributed by atoms with E-state index in [-0.39, 0.29) is 36.0 Å². The highest BCUT2D eigenvalue weighted by Crippen LogP contribution is 2.54. The highest BCUT2D eigenvalue weighted by molar-refractivity contribution is 5.93. The molecule has 3 aromatic rings. The van der Waals surface area contributed by atoms with E-state index in [1.54, 1.807) is 19.1 Å². The molecule has 2 bridgehead atoms. The van der Waals surface area contributed by atoms with Gasteiger partial charge in [-0.1, -0.05) is 18.2 Å². The molecule has 2 fully saturated rings. The van der Waals surface area contributed by atoms with Crippen molar-refractivity contribution in [1.29, 1.82) is 0 Å². The molecular formula is C26H30N2O4. The van der Waals surface area contributed by atoms with Crippen molar-refractivity contribution in [2.45, 2.75) is 44.1 Å². The predicted octanol–water partition coefficient (Wildman–Crippen LogP) is 3.93. The first kappa shape index (κ1) is 20.2. The standard InChI is InChI=1S/C26H30N2O4/c1-26(30)19(13-23(29)24-9-6-10-31-24)16-11-22-25-17(12-21(27(22)2)18(16)14-32-26)15-7-4-5-8-20(15)28(25)3/h4-10,16,18-19,21-22,30H,11-14H2,1-3H3/t16-,18-,19-,21+,22+,26+/m1/s1. The molecule has 3 aliphatic heterocycles. The number of hydrogen-bond donors (Lipinski definition) is 1. The summed E-state index contributed by atoms with van der Waals surface area (Å²) < 4.78 is 13.7. The topological polar surface area (TPSA) is 67.8 Å². The molecule has 2 aromatic heterocycles. The zero-order chi connectivity index (χ0) is 22.2. The van der Waals surface area contributed by atoms with Crippen molar-refractivity contribution >= 4 is 16.7 Å². The zero-order valence-electron chi connectivity index (χ0n) is 18.8. The third-order valence-electron chi connectivity index (χ3n) is 8.52. The number of aryl methyl sites for hydroxylation is 1. The van der Waals surface area contributed by atoms with Crippen LogP contribution in [0.3, 0.4) is 0 Å². The lowest BCUT2D eigenvalue weighted by molar-refractivity contribution is -0.288. The minimum absolute atomic E-state index is 0.0705. The fourth-order valence-electron chi connectivity index (χ4n) is 6.90. The number of ether oxygens (including phenoxy) is 1. The Morgan fingerprint density at radius 2 is 2.00 bits per heavy atom. The molecule has 0 saturated carbocycles. The number of aliphatic hydroxyl groups is 1. The first-order chi connectivity index (χ1) is 15.4. The number of fused-ring (bicyclic) bond motifs is 8. The van der Waals surface area contributed by atoms with Gasteiger partial charge in [0.05, 0.1) is 18.9 Å². The maximum atomic E-state index is 12.9. The number of hydrogen-bond acceptors (Lipinski definition) is 5. The summed E-state index contributed by atoms with van der Waals surface area (Å²) >= 11 is 0. The second-order valence-electron chi connectivity index (χ2n) is 10.0. The Hall–Kier alpha value is -2.41. The Kier molecular flexibility index (Phi) is 4.45. The van der Waals surface area contributed by atoms with Crippen LogP contribution in [0, 0.1) is 17.8 Å². The summed E-state index contributed by atoms with van der Waals surface area (Å²) in [4.78, 5) is 15.5. The summed E-state index contributed by atoms with van der Waals surface area (Å²) in [6.45, 7) is 2.24. The molecule has 0 radical (unpaired) electrons. The van der Waals surface area contributed by atoms with Gasteiger partial charge in [0.2, 0.25) is 0 Å². The normalized spacial score (nSPS) is 34.3. The molecule has 6 atom stereocenters. The first-order valence-electron chi connectivity index (χ1n) is 11.6. The van der Waals surface area contributed by atoms with Gasteiger partial charge < -0.3 is 18.8 Å². The minimum atomic E-state index is -1.32. The fraction of sp³-hybridized carbons (Fsp3) is 0.500. The van der Waals surface area contributed by atoms with E-state index in [4.69, 9.17) is 9.15 Å². The van der Waals surface area contributed by atoms with Crippen LogP contribution in [0.1, 0.15) is 47.6 Å². The number of carbonyl (C=O) groups is 1. The number of para-hydroxylation sites is 1. The second kappa shape index (κ2) is 7.04. The van der Waals surface area contributed by atoms with Crippen LogP contribution in [0.2, 0.25) is 0 Å². The maximum Gasteiger partial charge on any atom is 0.198 e. The molecule has 6 nitrogen and oxygen atoms in total. The highest BCUT2D eigenvalue weighted by atomic mass is 16.6. The van der Waals surface area contributed by atoms with Crippen molar-refractivity contribution in [3.8, 4) is 0 Å². The third kappa shape index (κ3) is 2.79. The number of piperidine rings is 1. The molecule has 6 heteroatoms. The van der Waals surface area contributed by atoms with Crippen molar-refractivity contribution in [1.82, 2.24) is 9.47 Å². The van der Waals surface area contributed by atoms with Crippen molar-refractivity contribution in [2.24, 2.45) is 24.8 Å².